The molecule has 1 aromatic carbocycles. The van der Waals surface area contributed by atoms with Crippen molar-refractivity contribution in [3.8, 4) is 11.6 Å². The molecular weight excluding hydrogens is 422 g/mol. The lowest BCUT2D eigenvalue weighted by atomic mass is 10.1. The van der Waals surface area contributed by atoms with Crippen LogP contribution in [0.2, 0.25) is 5.22 Å². The van der Waals surface area contributed by atoms with Crippen LogP contribution in [-0.4, -0.2) is 60.8 Å². The Morgan fingerprint density at radius 3 is 2.68 bits per heavy atom. The topological polar surface area (TPSA) is 93.0 Å². The third-order valence-electron chi connectivity index (χ3n) is 5.01. The molecular formula is C21H24ClN5O4. The summed E-state index contributed by atoms with van der Waals surface area (Å²) in [5.74, 6) is 1.26. The summed E-state index contributed by atoms with van der Waals surface area (Å²) in [7, 11) is 1.66. The van der Waals surface area contributed by atoms with Gasteiger partial charge in [0.25, 0.3) is 5.88 Å². The fourth-order valence-electron chi connectivity index (χ4n) is 3.51. The summed E-state index contributed by atoms with van der Waals surface area (Å²) in [5, 5.41) is 2.98. The molecule has 1 saturated heterocycles. The minimum Gasteiger partial charge on any atom is -0.497 e. The van der Waals surface area contributed by atoms with Crippen molar-refractivity contribution in [1.29, 1.82) is 0 Å². The van der Waals surface area contributed by atoms with Crippen molar-refractivity contribution in [3.05, 3.63) is 35.0 Å². The highest BCUT2D eigenvalue weighted by molar-refractivity contribution is 6.29. The number of aromatic nitrogens is 2. The van der Waals surface area contributed by atoms with E-state index in [4.69, 9.17) is 25.5 Å². The van der Waals surface area contributed by atoms with Crippen LogP contribution in [-0.2, 0) is 0 Å². The Labute approximate surface area is 184 Å². The molecule has 0 radical (unpaired) electrons. The van der Waals surface area contributed by atoms with E-state index in [9.17, 15) is 4.79 Å². The van der Waals surface area contributed by atoms with Crippen LogP contribution >= 0.6 is 11.6 Å². The minimum atomic E-state index is -0.259. The number of nitrogens with one attached hydrogen (secondary N) is 1. The zero-order valence-electron chi connectivity index (χ0n) is 17.6. The number of benzene rings is 1. The van der Waals surface area contributed by atoms with Crippen molar-refractivity contribution < 1.29 is 18.7 Å². The Bertz CT molecular complexity index is 1090. The standard InChI is InChI=1S/C21H24ClN5O4/c1-4-30-20-18(23-16-12-17(22)31-19(16)25-20)24-21(28)27-7-5-26(6-8-27)14-9-13(2)10-15(11-14)29-3/h9-12H,4-8H2,1-3H3,(H,23,24,28). The number of aryl methyl sites for hydroxylation is 1. The molecule has 10 heteroatoms. The molecule has 1 aliphatic heterocycles. The molecule has 0 bridgehead atoms. The van der Waals surface area contributed by atoms with Gasteiger partial charge in [-0.25, -0.2) is 9.78 Å². The summed E-state index contributed by atoms with van der Waals surface area (Å²) >= 11 is 5.89. The maximum Gasteiger partial charge on any atom is 0.323 e. The van der Waals surface area contributed by atoms with E-state index in [0.717, 1.165) is 17.0 Å². The monoisotopic (exact) mass is 445 g/mol. The van der Waals surface area contributed by atoms with Crippen LogP contribution < -0.4 is 19.7 Å². The van der Waals surface area contributed by atoms with E-state index in [2.05, 4.69) is 26.3 Å². The third-order valence-corrected chi connectivity index (χ3v) is 5.20. The number of ether oxygens (including phenoxy) is 2. The highest BCUT2D eigenvalue weighted by Gasteiger charge is 2.24. The van der Waals surface area contributed by atoms with E-state index in [1.165, 1.54) is 0 Å². The molecule has 31 heavy (non-hydrogen) atoms. The van der Waals surface area contributed by atoms with Gasteiger partial charge < -0.3 is 23.7 Å². The summed E-state index contributed by atoms with van der Waals surface area (Å²) in [6.45, 7) is 6.79. The Kier molecular flexibility index (Phi) is 6.03. The number of hydrogen-bond acceptors (Lipinski definition) is 7. The Balaban J connectivity index is 1.44. The lowest BCUT2D eigenvalue weighted by Gasteiger charge is -2.36. The largest absolute Gasteiger partial charge is 0.497 e. The quantitative estimate of drug-likeness (QED) is 0.635. The number of piperazine rings is 1. The van der Waals surface area contributed by atoms with Crippen molar-refractivity contribution >= 4 is 40.4 Å². The zero-order chi connectivity index (χ0) is 22.0. The van der Waals surface area contributed by atoms with Crippen molar-refractivity contribution in [2.45, 2.75) is 13.8 Å². The summed E-state index contributed by atoms with van der Waals surface area (Å²) in [6.07, 6.45) is 0. The number of nitrogens with zero attached hydrogens (tertiary/aromatic N) is 4. The summed E-state index contributed by atoms with van der Waals surface area (Å²) < 4.78 is 16.2. The number of methoxy groups -OCH3 is 1. The SMILES string of the molecule is CCOc1nc2oc(Cl)cc2nc1NC(=O)N1CCN(c2cc(C)cc(OC)c2)CC1. The van der Waals surface area contributed by atoms with Crippen molar-refractivity contribution in [1.82, 2.24) is 14.9 Å². The normalized spacial score (nSPS) is 14.1. The van der Waals surface area contributed by atoms with Gasteiger partial charge in [0, 0.05) is 44.0 Å². The molecule has 3 aromatic rings. The smallest absolute Gasteiger partial charge is 0.323 e. The van der Waals surface area contributed by atoms with E-state index in [1.807, 2.05) is 26.0 Å². The fourth-order valence-corrected chi connectivity index (χ4v) is 3.69. The van der Waals surface area contributed by atoms with Gasteiger partial charge in [0.05, 0.1) is 13.7 Å². The second kappa shape index (κ2) is 8.89. The molecule has 0 unspecified atom stereocenters. The summed E-state index contributed by atoms with van der Waals surface area (Å²) in [5.41, 5.74) is 2.92. The number of urea groups is 1. The summed E-state index contributed by atoms with van der Waals surface area (Å²) in [6, 6.07) is 7.41. The first-order valence-corrected chi connectivity index (χ1v) is 10.4. The number of rotatable bonds is 5. The molecule has 9 nitrogen and oxygen atoms in total. The number of carbonyl (C=O) groups excluding carboxylic acids is 1. The first-order valence-electron chi connectivity index (χ1n) is 10.0. The van der Waals surface area contributed by atoms with E-state index in [-0.39, 0.29) is 28.7 Å². The van der Waals surface area contributed by atoms with Gasteiger partial charge in [-0.1, -0.05) is 0 Å². The van der Waals surface area contributed by atoms with E-state index in [1.54, 1.807) is 18.1 Å². The van der Waals surface area contributed by atoms with Crippen LogP contribution in [0.5, 0.6) is 11.6 Å². The Morgan fingerprint density at radius 1 is 1.19 bits per heavy atom. The van der Waals surface area contributed by atoms with Gasteiger partial charge in [-0.3, -0.25) is 5.32 Å². The number of halogens is 1. The average Bonchev–Trinajstić information content (AvgIpc) is 3.12. The molecule has 164 valence electrons. The molecule has 1 fully saturated rings. The fraction of sp³-hybridized carbons (Fsp3) is 0.381. The number of furan rings is 1. The zero-order valence-corrected chi connectivity index (χ0v) is 18.4. The third kappa shape index (κ3) is 4.61. The Morgan fingerprint density at radius 2 is 1.97 bits per heavy atom. The highest BCUT2D eigenvalue weighted by Crippen LogP contribution is 2.28. The molecule has 2 amide bonds. The number of anilines is 2. The van der Waals surface area contributed by atoms with Gasteiger partial charge in [-0.2, -0.15) is 4.98 Å². The second-order valence-corrected chi connectivity index (χ2v) is 7.54. The predicted molar refractivity (Wildman–Crippen MR) is 119 cm³/mol. The molecule has 0 saturated carbocycles. The van der Waals surface area contributed by atoms with Crippen LogP contribution in [0, 0.1) is 6.92 Å². The van der Waals surface area contributed by atoms with Gasteiger partial charge in [0.15, 0.2) is 11.0 Å². The first kappa shape index (κ1) is 21.0. The van der Waals surface area contributed by atoms with Crippen molar-refractivity contribution in [2.75, 3.05) is 50.1 Å². The van der Waals surface area contributed by atoms with Gasteiger partial charge in [0.2, 0.25) is 5.71 Å². The van der Waals surface area contributed by atoms with Gasteiger partial charge in [-0.15, -0.1) is 0 Å². The molecule has 0 atom stereocenters. The van der Waals surface area contributed by atoms with Gasteiger partial charge >= 0.3 is 6.03 Å². The molecule has 1 aliphatic rings. The van der Waals surface area contributed by atoms with Crippen LogP contribution in [0.1, 0.15) is 12.5 Å². The summed E-state index contributed by atoms with van der Waals surface area (Å²) in [4.78, 5) is 25.5. The average molecular weight is 446 g/mol. The van der Waals surface area contributed by atoms with Gasteiger partial charge in [0.1, 0.15) is 11.3 Å². The van der Waals surface area contributed by atoms with Crippen LogP contribution in [0.15, 0.2) is 28.7 Å². The lowest BCUT2D eigenvalue weighted by molar-refractivity contribution is 0.208. The maximum atomic E-state index is 12.9. The lowest BCUT2D eigenvalue weighted by Crippen LogP contribution is -2.50. The van der Waals surface area contributed by atoms with Crippen LogP contribution in [0.25, 0.3) is 11.2 Å². The molecule has 4 rings (SSSR count). The minimum absolute atomic E-state index is 0.171. The highest BCUT2D eigenvalue weighted by atomic mass is 35.5. The molecule has 1 N–H and O–H groups in total. The van der Waals surface area contributed by atoms with Crippen LogP contribution in [0.4, 0.5) is 16.3 Å². The van der Waals surface area contributed by atoms with E-state index in [0.29, 0.717) is 38.3 Å². The van der Waals surface area contributed by atoms with E-state index < -0.39 is 0 Å². The van der Waals surface area contributed by atoms with Crippen LogP contribution in [0.3, 0.4) is 0 Å². The predicted octanol–water partition coefficient (Wildman–Crippen LogP) is 3.95. The Hall–Kier alpha value is -3.20. The molecule has 2 aromatic heterocycles. The number of amides is 2. The van der Waals surface area contributed by atoms with Gasteiger partial charge in [-0.05, 0) is 43.1 Å². The first-order chi connectivity index (χ1) is 15.0. The maximum absolute atomic E-state index is 12.9. The number of carbonyl (C=O) groups is 1. The van der Waals surface area contributed by atoms with Crippen molar-refractivity contribution in [2.24, 2.45) is 0 Å². The molecule has 0 aliphatic carbocycles. The molecule has 0 spiro atoms. The van der Waals surface area contributed by atoms with E-state index >= 15 is 0 Å². The molecule has 3 heterocycles. The number of fused-ring (bicyclic) bond motifs is 1. The second-order valence-electron chi connectivity index (χ2n) is 7.16. The number of hydrogen-bond donors (Lipinski definition) is 1. The van der Waals surface area contributed by atoms with Crippen molar-refractivity contribution in [3.63, 3.8) is 0 Å².